The fraction of sp³-hybridized carbons (Fsp3) is 0.516. The topological polar surface area (TPSA) is 118 Å². The van der Waals surface area contributed by atoms with Crippen LogP contribution < -0.4 is 10.5 Å². The van der Waals surface area contributed by atoms with Gasteiger partial charge >= 0.3 is 5.97 Å². The number of para-hydroxylation sites is 1. The number of benzene rings is 2. The Morgan fingerprint density at radius 2 is 1.80 bits per heavy atom. The van der Waals surface area contributed by atoms with Gasteiger partial charge < -0.3 is 30.1 Å². The Labute approximate surface area is 236 Å². The molecule has 2 heterocycles. The summed E-state index contributed by atoms with van der Waals surface area (Å²) in [7, 11) is 1.86. The molecule has 9 nitrogen and oxygen atoms in total. The lowest BCUT2D eigenvalue weighted by molar-refractivity contribution is -0.143. The number of carboxylic acid groups (broad SMARTS) is 1. The van der Waals surface area contributed by atoms with Crippen molar-refractivity contribution in [2.24, 2.45) is 22.6 Å². The minimum atomic E-state index is -0.729. The van der Waals surface area contributed by atoms with Gasteiger partial charge in [-0.05, 0) is 81.2 Å². The number of carboxylic acids is 1. The molecule has 2 fully saturated rings. The van der Waals surface area contributed by atoms with Gasteiger partial charge in [-0.25, -0.2) is 4.99 Å². The third kappa shape index (κ3) is 6.58. The van der Waals surface area contributed by atoms with Crippen LogP contribution in [-0.4, -0.2) is 65.1 Å². The van der Waals surface area contributed by atoms with Crippen LogP contribution in [0, 0.1) is 11.8 Å². The Kier molecular flexibility index (Phi) is 8.89. The number of guanidine groups is 1. The molecule has 5 rings (SSSR count). The summed E-state index contributed by atoms with van der Waals surface area (Å²) >= 11 is 0. The van der Waals surface area contributed by atoms with Gasteiger partial charge in [0, 0.05) is 50.9 Å². The van der Waals surface area contributed by atoms with E-state index in [0.29, 0.717) is 57.3 Å². The number of aliphatic carboxylic acids is 1. The maximum absolute atomic E-state index is 13.3. The van der Waals surface area contributed by atoms with Crippen molar-refractivity contribution in [2.45, 2.75) is 70.0 Å². The summed E-state index contributed by atoms with van der Waals surface area (Å²) in [5.41, 5.74) is 8.43. The van der Waals surface area contributed by atoms with Crippen molar-refractivity contribution in [3.05, 3.63) is 54.1 Å². The van der Waals surface area contributed by atoms with Crippen LogP contribution in [0.4, 0.5) is 5.69 Å². The minimum Gasteiger partial charge on any atom is -0.481 e. The number of rotatable bonds is 9. The quantitative estimate of drug-likeness (QED) is 0.457. The Balaban J connectivity index is 1.27. The monoisotopic (exact) mass is 548 g/mol. The van der Waals surface area contributed by atoms with E-state index in [4.69, 9.17) is 20.2 Å². The SMILES string of the molecule is CN(C(=O)CC[C@@H](C1CCOCC1)N1Cc2cc(Oc3ccccc3)ccc2N=C1N)[C@H]1CC[C@@H](C(=O)O)CC1. The first kappa shape index (κ1) is 28.0. The second kappa shape index (κ2) is 12.7. The molecule has 1 amide bonds. The van der Waals surface area contributed by atoms with E-state index in [-0.39, 0.29) is 23.9 Å². The zero-order valence-corrected chi connectivity index (χ0v) is 23.2. The van der Waals surface area contributed by atoms with Crippen molar-refractivity contribution in [1.82, 2.24) is 9.80 Å². The standard InChI is InChI=1S/C31H40N4O5/c1-34(24-9-7-22(8-10-24)30(37)38)29(36)14-13-28(21-15-17-39-18-16-21)35-20-23-19-26(11-12-27(23)33-31(35)32)40-25-5-3-2-4-6-25/h2-6,11-12,19,21-22,24,28H,7-10,13-18,20H2,1H3,(H2,32,33)(H,37,38)/t22-,24+,28-/m0/s1. The third-order valence-electron chi connectivity index (χ3n) is 8.75. The largest absolute Gasteiger partial charge is 0.481 e. The fourth-order valence-corrected chi connectivity index (χ4v) is 6.33. The molecule has 1 aliphatic carbocycles. The van der Waals surface area contributed by atoms with Crippen LogP contribution in [0.3, 0.4) is 0 Å². The predicted molar refractivity (Wildman–Crippen MR) is 153 cm³/mol. The van der Waals surface area contributed by atoms with Crippen LogP contribution in [0.1, 0.15) is 56.9 Å². The highest BCUT2D eigenvalue weighted by molar-refractivity contribution is 5.84. The molecule has 0 unspecified atom stereocenters. The highest BCUT2D eigenvalue weighted by atomic mass is 16.5. The molecule has 2 aromatic carbocycles. The molecule has 214 valence electrons. The van der Waals surface area contributed by atoms with Gasteiger partial charge in [0.05, 0.1) is 11.6 Å². The number of amides is 1. The summed E-state index contributed by atoms with van der Waals surface area (Å²) < 4.78 is 11.7. The predicted octanol–water partition coefficient (Wildman–Crippen LogP) is 4.92. The molecule has 1 saturated carbocycles. The molecule has 40 heavy (non-hydrogen) atoms. The lowest BCUT2D eigenvalue weighted by atomic mass is 9.85. The van der Waals surface area contributed by atoms with Crippen LogP contribution in [0.25, 0.3) is 0 Å². The molecule has 2 aliphatic heterocycles. The molecule has 0 radical (unpaired) electrons. The number of ether oxygens (including phenoxy) is 2. The van der Waals surface area contributed by atoms with E-state index in [2.05, 4.69) is 4.90 Å². The molecule has 2 aromatic rings. The molecule has 1 saturated heterocycles. The van der Waals surface area contributed by atoms with E-state index in [1.165, 1.54) is 0 Å². The Morgan fingerprint density at radius 3 is 2.50 bits per heavy atom. The second-order valence-electron chi connectivity index (χ2n) is 11.2. The molecule has 0 spiro atoms. The summed E-state index contributed by atoms with van der Waals surface area (Å²) in [5.74, 6) is 1.43. The van der Waals surface area contributed by atoms with Gasteiger partial charge in [-0.3, -0.25) is 9.59 Å². The number of fused-ring (bicyclic) bond motifs is 1. The van der Waals surface area contributed by atoms with Crippen molar-refractivity contribution >= 4 is 23.5 Å². The second-order valence-corrected chi connectivity index (χ2v) is 11.2. The van der Waals surface area contributed by atoms with Crippen molar-refractivity contribution in [2.75, 3.05) is 20.3 Å². The van der Waals surface area contributed by atoms with Gasteiger partial charge in [0.25, 0.3) is 0 Å². The maximum Gasteiger partial charge on any atom is 0.306 e. The number of carbonyl (C=O) groups is 2. The number of carbonyl (C=O) groups excluding carboxylic acids is 1. The Hall–Kier alpha value is -3.59. The van der Waals surface area contributed by atoms with Crippen molar-refractivity contribution in [3.63, 3.8) is 0 Å². The van der Waals surface area contributed by atoms with Crippen molar-refractivity contribution in [1.29, 1.82) is 0 Å². The average Bonchev–Trinajstić information content (AvgIpc) is 2.98. The zero-order valence-electron chi connectivity index (χ0n) is 23.2. The summed E-state index contributed by atoms with van der Waals surface area (Å²) in [4.78, 5) is 33.4. The van der Waals surface area contributed by atoms with E-state index in [1.807, 2.05) is 60.5 Å². The number of hydrogen-bond donors (Lipinski definition) is 2. The van der Waals surface area contributed by atoms with Crippen molar-refractivity contribution in [3.8, 4) is 11.5 Å². The van der Waals surface area contributed by atoms with E-state index in [1.54, 1.807) is 0 Å². The average molecular weight is 549 g/mol. The van der Waals surface area contributed by atoms with Gasteiger partial charge in [0.15, 0.2) is 5.96 Å². The highest BCUT2D eigenvalue weighted by Crippen LogP contribution is 2.35. The molecule has 0 aromatic heterocycles. The van der Waals surface area contributed by atoms with Crippen LogP contribution >= 0.6 is 0 Å². The van der Waals surface area contributed by atoms with Gasteiger partial charge in [0.2, 0.25) is 5.91 Å². The molecule has 3 aliphatic rings. The summed E-state index contributed by atoms with van der Waals surface area (Å²) in [6.07, 6.45) is 5.63. The third-order valence-corrected chi connectivity index (χ3v) is 8.75. The number of nitrogens with zero attached hydrogens (tertiary/aromatic N) is 3. The van der Waals surface area contributed by atoms with E-state index < -0.39 is 5.97 Å². The number of aliphatic imine (C=N–C) groups is 1. The number of nitrogens with two attached hydrogens (primary N) is 1. The summed E-state index contributed by atoms with van der Waals surface area (Å²) in [6.45, 7) is 2.01. The lowest BCUT2D eigenvalue weighted by Gasteiger charge is -2.41. The smallest absolute Gasteiger partial charge is 0.306 e. The minimum absolute atomic E-state index is 0.0552. The molecule has 3 N–H and O–H groups in total. The molecule has 9 heteroatoms. The first-order chi connectivity index (χ1) is 19.4. The van der Waals surface area contributed by atoms with Gasteiger partial charge in [-0.15, -0.1) is 0 Å². The Bertz CT molecular complexity index is 1210. The van der Waals surface area contributed by atoms with Gasteiger partial charge in [0.1, 0.15) is 11.5 Å². The fourth-order valence-electron chi connectivity index (χ4n) is 6.33. The van der Waals surface area contributed by atoms with Crippen LogP contribution in [0.5, 0.6) is 11.5 Å². The van der Waals surface area contributed by atoms with Crippen LogP contribution in [0.15, 0.2) is 53.5 Å². The van der Waals surface area contributed by atoms with Crippen LogP contribution in [0.2, 0.25) is 0 Å². The van der Waals surface area contributed by atoms with Crippen molar-refractivity contribution < 1.29 is 24.2 Å². The first-order valence-corrected chi connectivity index (χ1v) is 14.4. The lowest BCUT2D eigenvalue weighted by Crippen LogP contribution is -2.50. The normalized spacial score (nSPS) is 22.1. The maximum atomic E-state index is 13.3. The molecular formula is C31H40N4O5. The summed E-state index contributed by atoms with van der Waals surface area (Å²) in [5, 5.41) is 9.31. The van der Waals surface area contributed by atoms with Gasteiger partial charge in [-0.2, -0.15) is 0 Å². The van der Waals surface area contributed by atoms with E-state index in [9.17, 15) is 14.7 Å². The summed E-state index contributed by atoms with van der Waals surface area (Å²) in [6, 6.07) is 15.7. The number of hydrogen-bond acceptors (Lipinski definition) is 7. The van der Waals surface area contributed by atoms with Gasteiger partial charge in [-0.1, -0.05) is 18.2 Å². The van der Waals surface area contributed by atoms with E-state index in [0.717, 1.165) is 48.4 Å². The Morgan fingerprint density at radius 1 is 1.07 bits per heavy atom. The molecule has 0 bridgehead atoms. The highest BCUT2D eigenvalue weighted by Gasteiger charge is 2.34. The molecular weight excluding hydrogens is 508 g/mol. The zero-order chi connectivity index (χ0) is 28.1. The molecule has 1 atom stereocenters. The van der Waals surface area contributed by atoms with Crippen LogP contribution in [-0.2, 0) is 20.9 Å². The first-order valence-electron chi connectivity index (χ1n) is 14.4. The van der Waals surface area contributed by atoms with E-state index >= 15 is 0 Å².